The van der Waals surface area contributed by atoms with Crippen molar-refractivity contribution in [3.63, 3.8) is 0 Å². The number of allylic oxidation sites excluding steroid dienone is 2. The van der Waals surface area contributed by atoms with E-state index < -0.39 is 0 Å². The van der Waals surface area contributed by atoms with E-state index in [1.54, 1.807) is 0 Å². The summed E-state index contributed by atoms with van der Waals surface area (Å²) in [6, 6.07) is 2.58. The van der Waals surface area contributed by atoms with Crippen LogP contribution in [0.15, 0.2) is 23.8 Å². The maximum atomic E-state index is 12.0. The molecule has 0 spiro atoms. The van der Waals surface area contributed by atoms with Crippen molar-refractivity contribution in [1.29, 1.82) is 5.26 Å². The van der Waals surface area contributed by atoms with Gasteiger partial charge in [-0.2, -0.15) is 5.26 Å². The molecule has 0 bridgehead atoms. The zero-order chi connectivity index (χ0) is 17.3. The molecule has 4 rings (SSSR count). The lowest BCUT2D eigenvalue weighted by Gasteiger charge is -2.59. The molecule has 0 unspecified atom stereocenters. The summed E-state index contributed by atoms with van der Waals surface area (Å²) in [5, 5.41) is 9.71. The Hall–Kier alpha value is -1.36. The molecule has 0 heterocycles. The number of hydrogen-bond acceptors (Lipinski definition) is 2. The standard InChI is InChI=1S/C22H29NO/c1-13-10-18-20-14(2)9-15-11-16(24)5-7-21(15,3)17(20)6-8-22(18,4)19(13)12-23/h11,14,17-20H,1,5-10H2,2-4H3/t14-,17+,18+,19+,20-,21+,22+/m1/s1. The Balaban J connectivity index is 1.76. The van der Waals surface area contributed by atoms with E-state index in [9.17, 15) is 10.1 Å². The quantitative estimate of drug-likeness (QED) is 0.584. The van der Waals surface area contributed by atoms with Crippen LogP contribution in [0.4, 0.5) is 0 Å². The Morgan fingerprint density at radius 1 is 1.25 bits per heavy atom. The molecule has 2 heteroatoms. The summed E-state index contributed by atoms with van der Waals surface area (Å²) in [6.07, 6.45) is 8.17. The van der Waals surface area contributed by atoms with Crippen LogP contribution in [0.1, 0.15) is 59.3 Å². The van der Waals surface area contributed by atoms with Gasteiger partial charge in [0, 0.05) is 6.42 Å². The van der Waals surface area contributed by atoms with Gasteiger partial charge in [-0.3, -0.25) is 4.79 Å². The molecule has 4 aliphatic carbocycles. The molecular weight excluding hydrogens is 294 g/mol. The van der Waals surface area contributed by atoms with Gasteiger partial charge in [0.2, 0.25) is 0 Å². The fourth-order valence-electron chi connectivity index (χ4n) is 7.11. The summed E-state index contributed by atoms with van der Waals surface area (Å²) >= 11 is 0. The topological polar surface area (TPSA) is 40.9 Å². The Morgan fingerprint density at radius 2 is 2.00 bits per heavy atom. The van der Waals surface area contributed by atoms with Crippen molar-refractivity contribution in [3.05, 3.63) is 23.8 Å². The number of nitriles is 1. The molecule has 24 heavy (non-hydrogen) atoms. The largest absolute Gasteiger partial charge is 0.295 e. The van der Waals surface area contributed by atoms with Crippen molar-refractivity contribution in [2.24, 2.45) is 40.4 Å². The van der Waals surface area contributed by atoms with Crippen molar-refractivity contribution in [2.75, 3.05) is 0 Å². The number of rotatable bonds is 0. The third kappa shape index (κ3) is 1.91. The lowest BCUT2D eigenvalue weighted by atomic mass is 9.45. The molecule has 0 aliphatic heterocycles. The second kappa shape index (κ2) is 5.07. The van der Waals surface area contributed by atoms with Crippen molar-refractivity contribution in [2.45, 2.75) is 59.3 Å². The molecule has 7 atom stereocenters. The summed E-state index contributed by atoms with van der Waals surface area (Å²) in [6.45, 7) is 11.4. The van der Waals surface area contributed by atoms with E-state index in [0.29, 0.717) is 35.9 Å². The maximum absolute atomic E-state index is 12.0. The van der Waals surface area contributed by atoms with Crippen LogP contribution >= 0.6 is 0 Å². The van der Waals surface area contributed by atoms with Crippen molar-refractivity contribution in [3.8, 4) is 6.07 Å². The van der Waals surface area contributed by atoms with E-state index in [4.69, 9.17) is 0 Å². The average Bonchev–Trinajstić information content (AvgIpc) is 2.78. The first-order valence-corrected chi connectivity index (χ1v) is 9.62. The SMILES string of the molecule is C=C1C[C@H]2[C@@H]3[C@H](C)CC4=CC(=O)CC[C@]4(C)[C@H]3CC[C@]2(C)[C@H]1C#N. The molecule has 0 aromatic rings. The second-order valence-electron chi connectivity index (χ2n) is 9.49. The molecule has 0 aromatic carbocycles. The van der Waals surface area contributed by atoms with Crippen LogP contribution in [0.5, 0.6) is 0 Å². The second-order valence-corrected chi connectivity index (χ2v) is 9.49. The lowest BCUT2D eigenvalue weighted by molar-refractivity contribution is -0.118. The summed E-state index contributed by atoms with van der Waals surface area (Å²) in [4.78, 5) is 12.0. The predicted molar refractivity (Wildman–Crippen MR) is 94.9 cm³/mol. The zero-order valence-corrected chi connectivity index (χ0v) is 15.3. The van der Waals surface area contributed by atoms with Crippen LogP contribution < -0.4 is 0 Å². The number of fused-ring (bicyclic) bond motifs is 5. The number of nitrogens with zero attached hydrogens (tertiary/aromatic N) is 1. The van der Waals surface area contributed by atoms with Crippen molar-refractivity contribution in [1.82, 2.24) is 0 Å². The minimum Gasteiger partial charge on any atom is -0.295 e. The summed E-state index contributed by atoms with van der Waals surface area (Å²) in [7, 11) is 0. The highest BCUT2D eigenvalue weighted by atomic mass is 16.1. The fraction of sp³-hybridized carbons (Fsp3) is 0.727. The molecular formula is C22H29NO. The van der Waals surface area contributed by atoms with Crippen LogP contribution in [0.3, 0.4) is 0 Å². The first kappa shape index (κ1) is 16.1. The van der Waals surface area contributed by atoms with E-state index in [-0.39, 0.29) is 16.7 Å². The number of carbonyl (C=O) groups excluding carboxylic acids is 1. The summed E-state index contributed by atoms with van der Waals surface area (Å²) < 4.78 is 0. The third-order valence-electron chi connectivity index (χ3n) is 8.43. The Labute approximate surface area is 146 Å². The van der Waals surface area contributed by atoms with E-state index in [0.717, 1.165) is 25.7 Å². The molecule has 0 aromatic heterocycles. The van der Waals surface area contributed by atoms with Crippen LogP contribution in [-0.4, -0.2) is 5.78 Å². The van der Waals surface area contributed by atoms with Gasteiger partial charge in [0.05, 0.1) is 12.0 Å². The first-order chi connectivity index (χ1) is 11.3. The molecule has 0 amide bonds. The van der Waals surface area contributed by atoms with E-state index >= 15 is 0 Å². The van der Waals surface area contributed by atoms with Crippen molar-refractivity contribution >= 4 is 5.78 Å². The van der Waals surface area contributed by atoms with Gasteiger partial charge in [-0.25, -0.2) is 0 Å². The fourth-order valence-corrected chi connectivity index (χ4v) is 7.11. The van der Waals surface area contributed by atoms with Gasteiger partial charge in [0.25, 0.3) is 0 Å². The highest BCUT2D eigenvalue weighted by Crippen LogP contribution is 2.68. The predicted octanol–water partition coefficient (Wildman–Crippen LogP) is 5.07. The van der Waals surface area contributed by atoms with Crippen LogP contribution in [-0.2, 0) is 4.79 Å². The van der Waals surface area contributed by atoms with Gasteiger partial charge in [0.15, 0.2) is 5.78 Å². The molecule has 0 N–H and O–H groups in total. The maximum Gasteiger partial charge on any atom is 0.155 e. The minimum absolute atomic E-state index is 0.0355. The molecule has 2 nitrogen and oxygen atoms in total. The van der Waals surface area contributed by atoms with E-state index in [1.165, 1.54) is 17.6 Å². The molecule has 0 radical (unpaired) electrons. The van der Waals surface area contributed by atoms with Gasteiger partial charge in [0.1, 0.15) is 0 Å². The minimum atomic E-state index is 0.0355. The van der Waals surface area contributed by atoms with Gasteiger partial charge < -0.3 is 0 Å². The van der Waals surface area contributed by atoms with Gasteiger partial charge in [-0.15, -0.1) is 0 Å². The smallest absolute Gasteiger partial charge is 0.155 e. The summed E-state index contributed by atoms with van der Waals surface area (Å²) in [5.74, 6) is 2.91. The third-order valence-corrected chi connectivity index (χ3v) is 8.43. The van der Waals surface area contributed by atoms with Gasteiger partial charge in [-0.05, 0) is 72.7 Å². The van der Waals surface area contributed by atoms with Gasteiger partial charge >= 0.3 is 0 Å². The Kier molecular flexibility index (Phi) is 3.41. The molecule has 3 fully saturated rings. The number of carbonyl (C=O) groups is 1. The first-order valence-electron chi connectivity index (χ1n) is 9.62. The normalized spacial score (nSPS) is 50.4. The highest BCUT2D eigenvalue weighted by molar-refractivity contribution is 5.91. The Morgan fingerprint density at radius 3 is 2.71 bits per heavy atom. The van der Waals surface area contributed by atoms with Gasteiger partial charge in [-0.1, -0.05) is 38.5 Å². The monoisotopic (exact) mass is 323 g/mol. The molecule has 128 valence electrons. The number of hydrogen-bond donors (Lipinski definition) is 0. The number of ketones is 1. The van der Waals surface area contributed by atoms with Crippen LogP contribution in [0.2, 0.25) is 0 Å². The lowest BCUT2D eigenvalue weighted by Crippen LogP contribution is -2.53. The van der Waals surface area contributed by atoms with Crippen LogP contribution in [0.25, 0.3) is 0 Å². The Bertz CT molecular complexity index is 683. The van der Waals surface area contributed by atoms with Crippen molar-refractivity contribution < 1.29 is 4.79 Å². The molecule has 0 saturated heterocycles. The zero-order valence-electron chi connectivity index (χ0n) is 15.3. The molecule has 4 aliphatic rings. The van der Waals surface area contributed by atoms with E-state index in [1.807, 2.05) is 6.08 Å². The highest BCUT2D eigenvalue weighted by Gasteiger charge is 2.61. The molecule has 3 saturated carbocycles. The summed E-state index contributed by atoms with van der Waals surface area (Å²) in [5.41, 5.74) is 2.91. The van der Waals surface area contributed by atoms with Crippen LogP contribution in [0, 0.1) is 51.8 Å². The average molecular weight is 323 g/mol. The van der Waals surface area contributed by atoms with E-state index in [2.05, 4.69) is 33.4 Å².